The molecule has 1 saturated carbocycles. The highest BCUT2D eigenvalue weighted by Gasteiger charge is 2.39. The molecule has 0 unspecified atom stereocenters. The molecule has 0 aliphatic heterocycles. The summed E-state index contributed by atoms with van der Waals surface area (Å²) >= 11 is 0. The monoisotopic (exact) mass is 289 g/mol. The van der Waals surface area contributed by atoms with Gasteiger partial charge in [0, 0.05) is 18.2 Å². The molecule has 0 spiro atoms. The molecular weight excluding hydrogens is 266 g/mol. The molecule has 1 aliphatic carbocycles. The molecule has 0 bridgehead atoms. The fraction of sp³-hybridized carbons (Fsp3) is 0.500. The van der Waals surface area contributed by atoms with Crippen molar-refractivity contribution in [2.24, 2.45) is 11.7 Å². The smallest absolute Gasteiger partial charge is 0.240 e. The Labute approximate surface area is 125 Å². The highest BCUT2D eigenvalue weighted by Crippen LogP contribution is 2.29. The van der Waals surface area contributed by atoms with Crippen molar-refractivity contribution in [3.8, 4) is 0 Å². The number of carbonyl (C=O) groups excluding carboxylic acids is 2. The second-order valence-corrected chi connectivity index (χ2v) is 6.04. The van der Waals surface area contributed by atoms with Crippen LogP contribution in [-0.2, 0) is 16.1 Å². The first-order valence-electron chi connectivity index (χ1n) is 7.38. The SMILES string of the molecule is CC(C)C(=O)Nc1cccc(CNC(=O)C2(N)CCC2)c1. The van der Waals surface area contributed by atoms with Gasteiger partial charge in [0.05, 0.1) is 5.54 Å². The lowest BCUT2D eigenvalue weighted by molar-refractivity contribution is -0.129. The molecule has 21 heavy (non-hydrogen) atoms. The molecule has 1 aromatic carbocycles. The molecule has 0 radical (unpaired) electrons. The standard InChI is InChI=1S/C16H23N3O2/c1-11(2)14(20)19-13-6-3-5-12(9-13)10-18-15(21)16(17)7-4-8-16/h3,5-6,9,11H,4,7-8,10,17H2,1-2H3,(H,18,21)(H,19,20). The first-order valence-corrected chi connectivity index (χ1v) is 7.38. The van der Waals surface area contributed by atoms with Gasteiger partial charge in [0.15, 0.2) is 0 Å². The van der Waals surface area contributed by atoms with Crippen LogP contribution in [0.1, 0.15) is 38.7 Å². The van der Waals surface area contributed by atoms with Gasteiger partial charge in [0.25, 0.3) is 0 Å². The second-order valence-electron chi connectivity index (χ2n) is 6.04. The lowest BCUT2D eigenvalue weighted by atomic mass is 9.77. The highest BCUT2D eigenvalue weighted by atomic mass is 16.2. The van der Waals surface area contributed by atoms with Crippen molar-refractivity contribution in [3.05, 3.63) is 29.8 Å². The average molecular weight is 289 g/mol. The quantitative estimate of drug-likeness (QED) is 0.772. The van der Waals surface area contributed by atoms with E-state index in [0.717, 1.165) is 30.5 Å². The van der Waals surface area contributed by atoms with Gasteiger partial charge in [-0.1, -0.05) is 26.0 Å². The van der Waals surface area contributed by atoms with Crippen LogP contribution in [-0.4, -0.2) is 17.4 Å². The molecule has 1 fully saturated rings. The van der Waals surface area contributed by atoms with Crippen molar-refractivity contribution >= 4 is 17.5 Å². The zero-order chi connectivity index (χ0) is 15.5. The zero-order valence-electron chi connectivity index (χ0n) is 12.6. The summed E-state index contributed by atoms with van der Waals surface area (Å²) in [5, 5.41) is 5.71. The fourth-order valence-corrected chi connectivity index (χ4v) is 2.19. The molecule has 0 aromatic heterocycles. The summed E-state index contributed by atoms with van der Waals surface area (Å²) in [6, 6.07) is 7.47. The molecule has 0 heterocycles. The Morgan fingerprint density at radius 1 is 1.33 bits per heavy atom. The summed E-state index contributed by atoms with van der Waals surface area (Å²) in [6.07, 6.45) is 2.52. The number of amides is 2. The van der Waals surface area contributed by atoms with E-state index in [2.05, 4.69) is 10.6 Å². The number of carbonyl (C=O) groups is 2. The van der Waals surface area contributed by atoms with Crippen molar-refractivity contribution in [3.63, 3.8) is 0 Å². The van der Waals surface area contributed by atoms with Crippen molar-refractivity contribution < 1.29 is 9.59 Å². The van der Waals surface area contributed by atoms with Gasteiger partial charge in [0.1, 0.15) is 0 Å². The molecule has 0 atom stereocenters. The number of rotatable bonds is 5. The predicted molar refractivity (Wildman–Crippen MR) is 82.5 cm³/mol. The Kier molecular flexibility index (Phi) is 4.63. The minimum absolute atomic E-state index is 0.0217. The Balaban J connectivity index is 1.92. The van der Waals surface area contributed by atoms with E-state index in [-0.39, 0.29) is 17.7 Å². The van der Waals surface area contributed by atoms with Crippen molar-refractivity contribution in [2.45, 2.75) is 45.2 Å². The number of hydrogen-bond acceptors (Lipinski definition) is 3. The van der Waals surface area contributed by atoms with Crippen LogP contribution in [0.4, 0.5) is 5.69 Å². The van der Waals surface area contributed by atoms with Gasteiger partial charge < -0.3 is 16.4 Å². The fourth-order valence-electron chi connectivity index (χ4n) is 2.19. The number of nitrogens with two attached hydrogens (primary N) is 1. The molecule has 2 amide bonds. The third-order valence-electron chi connectivity index (χ3n) is 3.87. The first-order chi connectivity index (χ1) is 9.90. The first kappa shape index (κ1) is 15.5. The average Bonchev–Trinajstić information content (AvgIpc) is 2.42. The highest BCUT2D eigenvalue weighted by molar-refractivity contribution is 5.92. The maximum atomic E-state index is 12.0. The van der Waals surface area contributed by atoms with E-state index >= 15 is 0 Å². The number of hydrogen-bond donors (Lipinski definition) is 3. The second kappa shape index (κ2) is 6.26. The molecule has 4 N–H and O–H groups in total. The zero-order valence-corrected chi connectivity index (χ0v) is 12.6. The molecule has 1 aliphatic rings. The molecule has 5 nitrogen and oxygen atoms in total. The van der Waals surface area contributed by atoms with Gasteiger partial charge in [-0.05, 0) is 37.0 Å². The maximum absolute atomic E-state index is 12.0. The van der Waals surface area contributed by atoms with Crippen LogP contribution in [0.2, 0.25) is 0 Å². The van der Waals surface area contributed by atoms with Crippen LogP contribution in [0.3, 0.4) is 0 Å². The van der Waals surface area contributed by atoms with E-state index in [1.807, 2.05) is 38.1 Å². The summed E-state index contributed by atoms with van der Waals surface area (Å²) < 4.78 is 0. The third-order valence-corrected chi connectivity index (χ3v) is 3.87. The van der Waals surface area contributed by atoms with Gasteiger partial charge in [-0.25, -0.2) is 0 Å². The summed E-state index contributed by atoms with van der Waals surface area (Å²) in [4.78, 5) is 23.6. The molecule has 0 saturated heterocycles. The number of benzene rings is 1. The maximum Gasteiger partial charge on any atom is 0.240 e. The summed E-state index contributed by atoms with van der Waals surface area (Å²) in [7, 11) is 0. The molecular formula is C16H23N3O2. The topological polar surface area (TPSA) is 84.2 Å². The van der Waals surface area contributed by atoms with Crippen LogP contribution < -0.4 is 16.4 Å². The Hall–Kier alpha value is -1.88. The minimum atomic E-state index is -0.677. The van der Waals surface area contributed by atoms with Gasteiger partial charge >= 0.3 is 0 Å². The lowest BCUT2D eigenvalue weighted by Crippen LogP contribution is -2.58. The normalized spacial score (nSPS) is 16.2. The van der Waals surface area contributed by atoms with Crippen molar-refractivity contribution in [2.75, 3.05) is 5.32 Å². The van der Waals surface area contributed by atoms with Gasteiger partial charge in [-0.3, -0.25) is 9.59 Å². The lowest BCUT2D eigenvalue weighted by Gasteiger charge is -2.36. The Morgan fingerprint density at radius 3 is 2.62 bits per heavy atom. The van der Waals surface area contributed by atoms with E-state index in [9.17, 15) is 9.59 Å². The summed E-state index contributed by atoms with van der Waals surface area (Å²) in [6.45, 7) is 4.11. The van der Waals surface area contributed by atoms with Crippen LogP contribution in [0.25, 0.3) is 0 Å². The summed E-state index contributed by atoms with van der Waals surface area (Å²) in [5.74, 6) is -0.180. The van der Waals surface area contributed by atoms with E-state index in [4.69, 9.17) is 5.73 Å². The third kappa shape index (κ3) is 3.82. The molecule has 114 valence electrons. The van der Waals surface area contributed by atoms with E-state index in [1.165, 1.54) is 0 Å². The van der Waals surface area contributed by atoms with E-state index in [1.54, 1.807) is 0 Å². The van der Waals surface area contributed by atoms with Gasteiger partial charge in [-0.15, -0.1) is 0 Å². The molecule has 2 rings (SSSR count). The van der Waals surface area contributed by atoms with Crippen LogP contribution in [0.5, 0.6) is 0 Å². The van der Waals surface area contributed by atoms with Crippen molar-refractivity contribution in [1.82, 2.24) is 5.32 Å². The predicted octanol–water partition coefficient (Wildman–Crippen LogP) is 1.78. The Morgan fingerprint density at radius 2 is 2.05 bits per heavy atom. The number of nitrogens with one attached hydrogen (secondary N) is 2. The minimum Gasteiger partial charge on any atom is -0.350 e. The number of anilines is 1. The van der Waals surface area contributed by atoms with E-state index in [0.29, 0.717) is 6.54 Å². The Bertz CT molecular complexity index is 536. The van der Waals surface area contributed by atoms with E-state index < -0.39 is 5.54 Å². The van der Waals surface area contributed by atoms with Gasteiger partial charge in [-0.2, -0.15) is 0 Å². The molecule has 1 aromatic rings. The van der Waals surface area contributed by atoms with Crippen LogP contribution in [0, 0.1) is 5.92 Å². The van der Waals surface area contributed by atoms with Crippen molar-refractivity contribution in [1.29, 1.82) is 0 Å². The summed E-state index contributed by atoms with van der Waals surface area (Å²) in [5.41, 5.74) is 6.97. The van der Waals surface area contributed by atoms with Gasteiger partial charge in [0.2, 0.25) is 11.8 Å². The van der Waals surface area contributed by atoms with Crippen LogP contribution >= 0.6 is 0 Å². The largest absolute Gasteiger partial charge is 0.350 e. The molecule has 5 heteroatoms. The van der Waals surface area contributed by atoms with Crippen LogP contribution in [0.15, 0.2) is 24.3 Å².